The maximum absolute atomic E-state index is 5.23. The standard InChI is InChI=1S/C10H20N4O/c1-6-11-10(2,3)9-12-8(13-15-9)7-14(4)5/h11H,6-7H2,1-5H3. The van der Waals surface area contributed by atoms with Gasteiger partial charge in [-0.3, -0.25) is 0 Å². The van der Waals surface area contributed by atoms with Crippen molar-refractivity contribution in [3.8, 4) is 0 Å². The molecule has 0 aliphatic heterocycles. The summed E-state index contributed by atoms with van der Waals surface area (Å²) in [6.07, 6.45) is 0. The van der Waals surface area contributed by atoms with E-state index in [-0.39, 0.29) is 5.54 Å². The first-order valence-electron chi connectivity index (χ1n) is 5.18. The minimum Gasteiger partial charge on any atom is -0.337 e. The average molecular weight is 212 g/mol. The molecule has 5 heteroatoms. The van der Waals surface area contributed by atoms with Gasteiger partial charge in [-0.1, -0.05) is 12.1 Å². The molecule has 1 heterocycles. The Morgan fingerprint density at radius 1 is 1.40 bits per heavy atom. The van der Waals surface area contributed by atoms with Gasteiger partial charge in [-0.15, -0.1) is 0 Å². The minimum absolute atomic E-state index is 0.258. The van der Waals surface area contributed by atoms with Gasteiger partial charge in [0.05, 0.1) is 12.1 Å². The number of rotatable bonds is 5. The molecule has 0 aliphatic carbocycles. The van der Waals surface area contributed by atoms with E-state index in [4.69, 9.17) is 4.52 Å². The van der Waals surface area contributed by atoms with Crippen molar-refractivity contribution in [1.29, 1.82) is 0 Å². The van der Waals surface area contributed by atoms with Gasteiger partial charge in [-0.25, -0.2) is 0 Å². The summed E-state index contributed by atoms with van der Waals surface area (Å²) in [5.74, 6) is 1.36. The molecule has 1 rings (SSSR count). The molecule has 5 nitrogen and oxygen atoms in total. The Kier molecular flexibility index (Phi) is 3.82. The van der Waals surface area contributed by atoms with Crippen molar-refractivity contribution in [2.75, 3.05) is 20.6 Å². The first-order valence-corrected chi connectivity index (χ1v) is 5.18. The second kappa shape index (κ2) is 4.72. The van der Waals surface area contributed by atoms with Crippen LogP contribution in [-0.2, 0) is 12.1 Å². The molecular weight excluding hydrogens is 192 g/mol. The summed E-state index contributed by atoms with van der Waals surface area (Å²) in [6.45, 7) is 7.69. The molecule has 1 aromatic heterocycles. The first kappa shape index (κ1) is 12.1. The predicted molar refractivity (Wildman–Crippen MR) is 58.4 cm³/mol. The third-order valence-electron chi connectivity index (χ3n) is 2.08. The highest BCUT2D eigenvalue weighted by Crippen LogP contribution is 2.17. The fourth-order valence-electron chi connectivity index (χ4n) is 1.37. The number of nitrogens with zero attached hydrogens (tertiary/aromatic N) is 3. The number of aromatic nitrogens is 2. The summed E-state index contributed by atoms with van der Waals surface area (Å²) < 4.78 is 5.23. The molecule has 0 aliphatic rings. The second-order valence-corrected chi connectivity index (χ2v) is 4.41. The maximum atomic E-state index is 5.23. The Morgan fingerprint density at radius 2 is 2.07 bits per heavy atom. The van der Waals surface area contributed by atoms with Gasteiger partial charge in [-0.05, 0) is 34.5 Å². The SMILES string of the molecule is CCNC(C)(C)c1nc(CN(C)C)no1. The van der Waals surface area contributed by atoms with E-state index < -0.39 is 0 Å². The molecular formula is C10H20N4O. The molecule has 0 fully saturated rings. The Labute approximate surface area is 90.8 Å². The lowest BCUT2D eigenvalue weighted by Crippen LogP contribution is -2.36. The highest BCUT2D eigenvalue weighted by Gasteiger charge is 2.26. The van der Waals surface area contributed by atoms with Crippen molar-refractivity contribution in [2.24, 2.45) is 0 Å². The van der Waals surface area contributed by atoms with Crippen LogP contribution in [-0.4, -0.2) is 35.7 Å². The molecule has 0 saturated heterocycles. The van der Waals surface area contributed by atoms with Crippen LogP contribution in [0.15, 0.2) is 4.52 Å². The van der Waals surface area contributed by atoms with Gasteiger partial charge in [0.15, 0.2) is 5.82 Å². The van der Waals surface area contributed by atoms with E-state index >= 15 is 0 Å². The molecule has 0 bridgehead atoms. The number of hydrogen-bond acceptors (Lipinski definition) is 5. The van der Waals surface area contributed by atoms with E-state index in [2.05, 4.69) is 22.4 Å². The Balaban J connectivity index is 2.74. The van der Waals surface area contributed by atoms with E-state index in [1.165, 1.54) is 0 Å². The molecule has 15 heavy (non-hydrogen) atoms. The van der Waals surface area contributed by atoms with Crippen LogP contribution in [0, 0.1) is 0 Å². The lowest BCUT2D eigenvalue weighted by Gasteiger charge is -2.20. The van der Waals surface area contributed by atoms with Crippen molar-refractivity contribution in [2.45, 2.75) is 32.9 Å². The third-order valence-corrected chi connectivity index (χ3v) is 2.08. The van der Waals surface area contributed by atoms with E-state index in [9.17, 15) is 0 Å². The normalized spacial score (nSPS) is 12.4. The van der Waals surface area contributed by atoms with Crippen LogP contribution in [0.5, 0.6) is 0 Å². The van der Waals surface area contributed by atoms with Gasteiger partial charge in [0.25, 0.3) is 0 Å². The molecule has 1 aromatic rings. The summed E-state index contributed by atoms with van der Waals surface area (Å²) in [7, 11) is 3.96. The summed E-state index contributed by atoms with van der Waals surface area (Å²) in [5.41, 5.74) is -0.258. The topological polar surface area (TPSA) is 54.2 Å². The first-order chi connectivity index (χ1) is 6.95. The summed E-state index contributed by atoms with van der Waals surface area (Å²) in [5, 5.41) is 7.23. The van der Waals surface area contributed by atoms with Gasteiger partial charge in [-0.2, -0.15) is 4.98 Å². The van der Waals surface area contributed by atoms with Crippen molar-refractivity contribution < 1.29 is 4.52 Å². The monoisotopic (exact) mass is 212 g/mol. The third kappa shape index (κ3) is 3.28. The van der Waals surface area contributed by atoms with Crippen LogP contribution < -0.4 is 5.32 Å². The van der Waals surface area contributed by atoms with Gasteiger partial charge in [0.2, 0.25) is 5.89 Å². The maximum Gasteiger partial charge on any atom is 0.246 e. The fraction of sp³-hybridized carbons (Fsp3) is 0.800. The quantitative estimate of drug-likeness (QED) is 0.788. The summed E-state index contributed by atoms with van der Waals surface area (Å²) >= 11 is 0. The zero-order chi connectivity index (χ0) is 11.5. The van der Waals surface area contributed by atoms with Crippen LogP contribution in [0.2, 0.25) is 0 Å². The van der Waals surface area contributed by atoms with E-state index in [1.807, 2.05) is 32.8 Å². The molecule has 0 unspecified atom stereocenters. The van der Waals surface area contributed by atoms with E-state index in [0.717, 1.165) is 12.4 Å². The zero-order valence-corrected chi connectivity index (χ0v) is 10.2. The lowest BCUT2D eigenvalue weighted by atomic mass is 10.1. The predicted octanol–water partition coefficient (Wildman–Crippen LogP) is 0.976. The van der Waals surface area contributed by atoms with Crippen LogP contribution in [0.25, 0.3) is 0 Å². The Morgan fingerprint density at radius 3 is 2.60 bits per heavy atom. The summed E-state index contributed by atoms with van der Waals surface area (Å²) in [4.78, 5) is 6.37. The van der Waals surface area contributed by atoms with Crippen LogP contribution in [0.3, 0.4) is 0 Å². The molecule has 1 N–H and O–H groups in total. The van der Waals surface area contributed by atoms with Gasteiger partial charge < -0.3 is 14.7 Å². The molecule has 0 spiro atoms. The average Bonchev–Trinajstić information content (AvgIpc) is 2.51. The number of nitrogens with one attached hydrogen (secondary N) is 1. The highest BCUT2D eigenvalue weighted by molar-refractivity contribution is 4.98. The van der Waals surface area contributed by atoms with Crippen molar-refractivity contribution in [1.82, 2.24) is 20.4 Å². The number of hydrogen-bond donors (Lipinski definition) is 1. The Hall–Kier alpha value is -0.940. The zero-order valence-electron chi connectivity index (χ0n) is 10.2. The van der Waals surface area contributed by atoms with Gasteiger partial charge in [0.1, 0.15) is 0 Å². The van der Waals surface area contributed by atoms with Crippen molar-refractivity contribution in [3.63, 3.8) is 0 Å². The van der Waals surface area contributed by atoms with Crippen LogP contribution in [0.4, 0.5) is 0 Å². The van der Waals surface area contributed by atoms with Gasteiger partial charge in [0, 0.05) is 0 Å². The molecule has 0 atom stereocenters. The van der Waals surface area contributed by atoms with Crippen LogP contribution >= 0.6 is 0 Å². The van der Waals surface area contributed by atoms with Crippen LogP contribution in [0.1, 0.15) is 32.5 Å². The van der Waals surface area contributed by atoms with E-state index in [1.54, 1.807) is 0 Å². The minimum atomic E-state index is -0.258. The highest BCUT2D eigenvalue weighted by atomic mass is 16.5. The smallest absolute Gasteiger partial charge is 0.246 e. The van der Waals surface area contributed by atoms with Gasteiger partial charge >= 0.3 is 0 Å². The van der Waals surface area contributed by atoms with Crippen molar-refractivity contribution >= 4 is 0 Å². The molecule has 86 valence electrons. The molecule has 0 saturated carbocycles. The largest absolute Gasteiger partial charge is 0.337 e. The second-order valence-electron chi connectivity index (χ2n) is 4.41. The molecule has 0 amide bonds. The lowest BCUT2D eigenvalue weighted by molar-refractivity contribution is 0.269. The van der Waals surface area contributed by atoms with Crippen molar-refractivity contribution in [3.05, 3.63) is 11.7 Å². The summed E-state index contributed by atoms with van der Waals surface area (Å²) in [6, 6.07) is 0. The molecule has 0 aromatic carbocycles. The Bertz CT molecular complexity index is 306. The molecule has 0 radical (unpaired) electrons. The fourth-order valence-corrected chi connectivity index (χ4v) is 1.37. The van der Waals surface area contributed by atoms with E-state index in [0.29, 0.717) is 12.4 Å².